The molecule has 0 bridgehead atoms. The van der Waals surface area contributed by atoms with Crippen molar-refractivity contribution in [2.45, 2.75) is 19.0 Å². The smallest absolute Gasteiger partial charge is 0.298 e. The molecule has 1 aliphatic heterocycles. The van der Waals surface area contributed by atoms with E-state index in [1.165, 1.54) is 11.1 Å². The van der Waals surface area contributed by atoms with E-state index in [4.69, 9.17) is 13.1 Å². The van der Waals surface area contributed by atoms with Gasteiger partial charge in [-0.1, -0.05) is 12.4 Å². The minimum absolute atomic E-state index is 0. The van der Waals surface area contributed by atoms with Crippen molar-refractivity contribution in [3.63, 3.8) is 0 Å². The van der Waals surface area contributed by atoms with E-state index in [1.807, 2.05) is 0 Å². The predicted octanol–water partition coefficient (Wildman–Crippen LogP) is 2.57. The number of aromatic nitrogens is 1. The fourth-order valence-corrected chi connectivity index (χ4v) is 1.55. The van der Waals surface area contributed by atoms with E-state index in [2.05, 4.69) is 27.8 Å². The molecule has 0 N–H and O–H groups in total. The van der Waals surface area contributed by atoms with Gasteiger partial charge in [0.1, 0.15) is 0 Å². The molecule has 1 aliphatic rings. The Morgan fingerprint density at radius 1 is 1.52 bits per heavy atom. The first kappa shape index (κ1) is 25.2. The topological polar surface area (TPSA) is 41.9 Å². The zero-order valence-corrected chi connectivity index (χ0v) is 17.6. The second-order valence-corrected chi connectivity index (χ2v) is 3.60. The molecule has 0 unspecified atom stereocenters. The fraction of sp³-hybridized carbons (Fsp3) is 0.286. The summed E-state index contributed by atoms with van der Waals surface area (Å²) in [4.78, 5) is 22.3. The maximum absolute atomic E-state index is 10.7. The van der Waals surface area contributed by atoms with Crippen molar-refractivity contribution in [1.29, 1.82) is 0 Å². The van der Waals surface area contributed by atoms with Crippen LogP contribution in [0.25, 0.3) is 9.69 Å². The van der Waals surface area contributed by atoms with Crippen LogP contribution in [0.15, 0.2) is 18.3 Å². The van der Waals surface area contributed by atoms with Gasteiger partial charge < -0.3 is 24.1 Å². The quantitative estimate of drug-likeness (QED) is 0.487. The summed E-state index contributed by atoms with van der Waals surface area (Å²) in [7, 11) is 0. The van der Waals surface area contributed by atoms with Gasteiger partial charge in [-0.3, -0.25) is 14.6 Å². The molecule has 2 heterocycles. The zero-order chi connectivity index (χ0) is 13.4. The van der Waals surface area contributed by atoms with E-state index >= 15 is 0 Å². The summed E-state index contributed by atoms with van der Waals surface area (Å²) >= 11 is 0. The molecule has 21 heavy (non-hydrogen) atoms. The Morgan fingerprint density at radius 2 is 2.19 bits per heavy atom. The van der Waals surface area contributed by atoms with Gasteiger partial charge in [0, 0.05) is 66.7 Å². The molecule has 7 heteroatoms. The number of carbonyl (C=O) groups excluding carboxylic acids is 1. The standard InChI is InChI=1S/C7H9N2O.C6H3N2.CH3.W.Y/c1-6(10)9-5-3-4-7(9)8-2;1-7-6-3-2-4-8-5-6;;;/h7H,1,3-5H2;2-3,5H;1H3;;/q3*-1;;/t7-;;;;/m0..../s1. The van der Waals surface area contributed by atoms with E-state index in [1.54, 1.807) is 12.1 Å². The monoisotopic (exact) mass is 528 g/mol. The third-order valence-corrected chi connectivity index (χ3v) is 2.42. The Balaban J connectivity index is -0.000000274. The molecule has 109 valence electrons. The molecule has 0 spiro atoms. The van der Waals surface area contributed by atoms with Crippen LogP contribution in [-0.4, -0.2) is 28.5 Å². The molecule has 1 saturated heterocycles. The van der Waals surface area contributed by atoms with Gasteiger partial charge in [-0.25, -0.2) is 6.57 Å². The molecule has 1 fully saturated rings. The van der Waals surface area contributed by atoms with E-state index in [0.29, 0.717) is 12.2 Å². The third kappa shape index (κ3) is 8.99. The number of carbonyl (C=O) groups is 1. The Kier molecular flexibility index (Phi) is 17.1. The van der Waals surface area contributed by atoms with Crippen LogP contribution >= 0.6 is 0 Å². The Bertz CT molecular complexity index is 484. The number of hydrogen-bond acceptors (Lipinski definition) is 2. The van der Waals surface area contributed by atoms with Crippen molar-refractivity contribution < 1.29 is 58.6 Å². The summed E-state index contributed by atoms with van der Waals surface area (Å²) in [5.74, 6) is -0.224. The van der Waals surface area contributed by atoms with Crippen LogP contribution in [0.2, 0.25) is 0 Å². The first-order valence-electron chi connectivity index (χ1n) is 5.37. The van der Waals surface area contributed by atoms with Gasteiger partial charge in [0.15, 0.2) is 0 Å². The number of likely N-dealkylation sites (tertiary alicyclic amines) is 1. The average molecular weight is 528 g/mol. The molecule has 1 aromatic heterocycles. The SMILES string of the molecule is [C-]#[N+][C@@H]1CCCN1C([CH2-])=O.[C-]#[N+]c1cc[c-]nc1.[CH3-].[W].[Y]. The van der Waals surface area contributed by atoms with E-state index in [-0.39, 0.29) is 73.3 Å². The summed E-state index contributed by atoms with van der Waals surface area (Å²) < 4.78 is 0. The molecule has 0 aliphatic carbocycles. The van der Waals surface area contributed by atoms with Gasteiger partial charge in [-0.15, -0.1) is 0 Å². The van der Waals surface area contributed by atoms with Crippen LogP contribution in [0.1, 0.15) is 12.8 Å². The zero-order valence-electron chi connectivity index (χ0n) is 11.8. The molecular weight excluding hydrogens is 513 g/mol. The average Bonchev–Trinajstić information content (AvgIpc) is 2.89. The van der Waals surface area contributed by atoms with E-state index in [0.717, 1.165) is 12.8 Å². The van der Waals surface area contributed by atoms with Crippen molar-refractivity contribution in [2.75, 3.05) is 6.54 Å². The van der Waals surface area contributed by atoms with Gasteiger partial charge in [0.2, 0.25) is 0 Å². The first-order valence-corrected chi connectivity index (χ1v) is 5.37. The first-order chi connectivity index (χ1) is 8.69. The summed E-state index contributed by atoms with van der Waals surface area (Å²) in [5.41, 5.74) is 0.559. The Hall–Kier alpha value is -0.738. The maximum atomic E-state index is 10.7. The molecule has 1 radical (unpaired) electrons. The maximum Gasteiger partial charge on any atom is 0.298 e. The summed E-state index contributed by atoms with van der Waals surface area (Å²) in [6, 6.07) is 3.29. The number of hydrogen-bond donors (Lipinski definition) is 0. The second-order valence-electron chi connectivity index (χ2n) is 3.60. The van der Waals surface area contributed by atoms with E-state index < -0.39 is 0 Å². The molecule has 1 amide bonds. The fourth-order valence-electron chi connectivity index (χ4n) is 1.55. The van der Waals surface area contributed by atoms with Crippen LogP contribution in [-0.2, 0) is 58.6 Å². The number of amides is 1. The normalized spacial score (nSPS) is 14.6. The predicted molar refractivity (Wildman–Crippen MR) is 72.4 cm³/mol. The molecular formula is C14H15N4OWY-3. The van der Waals surface area contributed by atoms with E-state index in [9.17, 15) is 4.79 Å². The minimum Gasteiger partial charge on any atom is -0.406 e. The van der Waals surface area contributed by atoms with Crippen LogP contribution in [0.3, 0.4) is 0 Å². The van der Waals surface area contributed by atoms with Crippen LogP contribution in [0, 0.1) is 33.7 Å². The van der Waals surface area contributed by atoms with Gasteiger partial charge in [-0.05, 0) is 6.42 Å². The van der Waals surface area contributed by atoms with Gasteiger partial charge in [-0.2, -0.15) is 12.1 Å². The van der Waals surface area contributed by atoms with Crippen LogP contribution < -0.4 is 0 Å². The third-order valence-electron chi connectivity index (χ3n) is 2.42. The molecule has 5 nitrogen and oxygen atoms in total. The summed E-state index contributed by atoms with van der Waals surface area (Å²) in [6.45, 7) is 17.2. The van der Waals surface area contributed by atoms with Crippen LogP contribution in [0.4, 0.5) is 5.69 Å². The molecule has 0 saturated carbocycles. The van der Waals surface area contributed by atoms with Crippen molar-refractivity contribution in [3.8, 4) is 0 Å². The van der Waals surface area contributed by atoms with Crippen molar-refractivity contribution in [2.24, 2.45) is 0 Å². The summed E-state index contributed by atoms with van der Waals surface area (Å²) in [6.07, 6.45) is 5.57. The molecule has 2 rings (SSSR count). The van der Waals surface area contributed by atoms with Gasteiger partial charge in [0.05, 0.1) is 18.2 Å². The largest absolute Gasteiger partial charge is 0.406 e. The van der Waals surface area contributed by atoms with Crippen molar-refractivity contribution >= 4 is 11.6 Å². The second kappa shape index (κ2) is 14.2. The minimum atomic E-state index is -0.231. The Morgan fingerprint density at radius 3 is 2.52 bits per heavy atom. The van der Waals surface area contributed by atoms with Crippen molar-refractivity contribution in [3.05, 3.63) is 61.7 Å². The molecule has 0 aromatic carbocycles. The number of rotatable bonds is 0. The van der Waals surface area contributed by atoms with Crippen LogP contribution in [0.5, 0.6) is 0 Å². The number of nitrogens with zero attached hydrogens (tertiary/aromatic N) is 4. The Labute approximate surface area is 166 Å². The van der Waals surface area contributed by atoms with Crippen molar-refractivity contribution in [1.82, 2.24) is 9.88 Å². The molecule has 1 atom stereocenters. The van der Waals surface area contributed by atoms with Gasteiger partial charge in [0.25, 0.3) is 6.17 Å². The molecule has 1 aromatic rings. The summed E-state index contributed by atoms with van der Waals surface area (Å²) in [5, 5.41) is 0. The van der Waals surface area contributed by atoms with Gasteiger partial charge >= 0.3 is 0 Å². The number of pyridine rings is 1.